The maximum atomic E-state index is 5.50. The Morgan fingerprint density at radius 3 is 1.09 bits per heavy atom. The summed E-state index contributed by atoms with van der Waals surface area (Å²) in [6.45, 7) is 1.11. The van der Waals surface area contributed by atoms with E-state index in [2.05, 4.69) is 60.7 Å². The van der Waals surface area contributed by atoms with Gasteiger partial charge in [0.25, 0.3) is 0 Å². The molecule has 0 unspecified atom stereocenters. The van der Waals surface area contributed by atoms with Gasteiger partial charge in [-0.2, -0.15) is 0 Å². The number of ether oxygens (including phenoxy) is 2. The normalized spacial score (nSPS) is 10.1. The molecule has 0 N–H and O–H groups in total. The van der Waals surface area contributed by atoms with Crippen LogP contribution in [-0.4, -0.2) is 24.7 Å². The highest BCUT2D eigenvalue weighted by molar-refractivity contribution is 7.99. The predicted octanol–water partition coefficient (Wildman–Crippen LogP) is 8.50. The van der Waals surface area contributed by atoms with Crippen LogP contribution in [0.3, 0.4) is 0 Å². The standard InChI is InChI=1S/C16H18S2.C14H14O2/c1-3-9-15(10-4-1)17-13-7-8-14-18-16-11-5-2-6-12-16;1-3-7-13(8-4-1)15-11-12-16-14-9-5-2-6-10-14/h1-6,9-12H,7-8,13-14H2;1-10H,11-12H2. The summed E-state index contributed by atoms with van der Waals surface area (Å²) in [4.78, 5) is 2.77. The lowest BCUT2D eigenvalue weighted by Crippen LogP contribution is -2.08. The molecule has 0 radical (unpaired) electrons. The molecule has 0 fully saturated rings. The molecule has 0 saturated carbocycles. The molecular formula is C30H32O2S2. The highest BCUT2D eigenvalue weighted by atomic mass is 32.2. The van der Waals surface area contributed by atoms with Gasteiger partial charge in [-0.3, -0.25) is 0 Å². The third-order valence-electron chi connectivity index (χ3n) is 4.67. The summed E-state index contributed by atoms with van der Waals surface area (Å²) in [5.41, 5.74) is 0. The molecule has 0 heterocycles. The van der Waals surface area contributed by atoms with E-state index in [1.165, 1.54) is 34.1 Å². The Kier molecular flexibility index (Phi) is 12.7. The molecule has 4 aromatic carbocycles. The third kappa shape index (κ3) is 11.4. The average molecular weight is 489 g/mol. The lowest BCUT2D eigenvalue weighted by atomic mass is 10.3. The van der Waals surface area contributed by atoms with Gasteiger partial charge < -0.3 is 9.47 Å². The lowest BCUT2D eigenvalue weighted by Gasteiger charge is -2.07. The first-order valence-electron chi connectivity index (χ1n) is 11.6. The summed E-state index contributed by atoms with van der Waals surface area (Å²) in [7, 11) is 0. The molecule has 4 heteroatoms. The Morgan fingerprint density at radius 1 is 0.412 bits per heavy atom. The second-order valence-electron chi connectivity index (χ2n) is 7.35. The van der Waals surface area contributed by atoms with Crippen molar-refractivity contribution < 1.29 is 9.47 Å². The monoisotopic (exact) mass is 488 g/mol. The Morgan fingerprint density at radius 2 is 0.735 bits per heavy atom. The smallest absolute Gasteiger partial charge is 0.122 e. The molecule has 0 saturated heterocycles. The molecule has 0 spiro atoms. The fourth-order valence-corrected chi connectivity index (χ4v) is 4.84. The van der Waals surface area contributed by atoms with Crippen molar-refractivity contribution >= 4 is 23.5 Å². The van der Waals surface area contributed by atoms with Crippen LogP contribution in [0.1, 0.15) is 12.8 Å². The summed E-state index contributed by atoms with van der Waals surface area (Å²) in [5, 5.41) is 0. The first kappa shape index (κ1) is 25.8. The van der Waals surface area contributed by atoms with Crippen molar-refractivity contribution in [2.75, 3.05) is 24.7 Å². The van der Waals surface area contributed by atoms with E-state index in [1.807, 2.05) is 84.2 Å². The first-order valence-corrected chi connectivity index (χ1v) is 13.6. The predicted molar refractivity (Wildman–Crippen MR) is 147 cm³/mol. The number of unbranched alkanes of at least 4 members (excludes halogenated alkanes) is 1. The van der Waals surface area contributed by atoms with Crippen LogP contribution >= 0.6 is 23.5 Å². The second-order valence-corrected chi connectivity index (χ2v) is 9.69. The average Bonchev–Trinajstić information content (AvgIpc) is 2.91. The van der Waals surface area contributed by atoms with Crippen molar-refractivity contribution in [1.82, 2.24) is 0 Å². The van der Waals surface area contributed by atoms with Gasteiger partial charge in [-0.15, -0.1) is 23.5 Å². The van der Waals surface area contributed by atoms with Gasteiger partial charge in [0, 0.05) is 9.79 Å². The van der Waals surface area contributed by atoms with E-state index < -0.39 is 0 Å². The minimum atomic E-state index is 0.554. The van der Waals surface area contributed by atoms with Crippen LogP contribution in [0.5, 0.6) is 11.5 Å². The van der Waals surface area contributed by atoms with Gasteiger partial charge >= 0.3 is 0 Å². The minimum absolute atomic E-state index is 0.554. The molecule has 0 atom stereocenters. The Labute approximate surface area is 212 Å². The van der Waals surface area contributed by atoms with Gasteiger partial charge in [0.05, 0.1) is 0 Å². The van der Waals surface area contributed by atoms with E-state index >= 15 is 0 Å². The van der Waals surface area contributed by atoms with Gasteiger partial charge in [-0.05, 0) is 72.9 Å². The van der Waals surface area contributed by atoms with E-state index in [9.17, 15) is 0 Å². The zero-order chi connectivity index (χ0) is 23.5. The summed E-state index contributed by atoms with van der Waals surface area (Å²) in [5.74, 6) is 4.19. The fraction of sp³-hybridized carbons (Fsp3) is 0.200. The largest absolute Gasteiger partial charge is 0.490 e. The fourth-order valence-electron chi connectivity index (χ4n) is 2.97. The molecule has 4 rings (SSSR count). The quantitative estimate of drug-likeness (QED) is 0.147. The van der Waals surface area contributed by atoms with Crippen molar-refractivity contribution in [2.24, 2.45) is 0 Å². The summed E-state index contributed by atoms with van der Waals surface area (Å²) >= 11 is 3.91. The highest BCUT2D eigenvalue weighted by Crippen LogP contribution is 2.21. The van der Waals surface area contributed by atoms with Gasteiger partial charge in [0.1, 0.15) is 24.7 Å². The molecule has 0 amide bonds. The molecular weight excluding hydrogens is 456 g/mol. The Balaban J connectivity index is 0.000000192. The van der Waals surface area contributed by atoms with E-state index in [4.69, 9.17) is 9.47 Å². The molecule has 0 aromatic heterocycles. The van der Waals surface area contributed by atoms with Gasteiger partial charge in [-0.1, -0.05) is 72.8 Å². The SMILES string of the molecule is c1ccc(OCCOc2ccccc2)cc1.c1ccc(SCCCCSc2ccccc2)cc1. The second kappa shape index (κ2) is 16.7. The number of para-hydroxylation sites is 2. The van der Waals surface area contributed by atoms with Crippen LogP contribution in [0.2, 0.25) is 0 Å². The third-order valence-corrected chi connectivity index (χ3v) is 6.87. The molecule has 0 aliphatic carbocycles. The Bertz CT molecular complexity index is 912. The molecule has 34 heavy (non-hydrogen) atoms. The van der Waals surface area contributed by atoms with Gasteiger partial charge in [-0.25, -0.2) is 0 Å². The molecule has 2 nitrogen and oxygen atoms in total. The number of rotatable bonds is 12. The molecule has 0 aliphatic rings. The van der Waals surface area contributed by atoms with Gasteiger partial charge in [0.2, 0.25) is 0 Å². The number of hydrogen-bond donors (Lipinski definition) is 0. The van der Waals surface area contributed by atoms with Gasteiger partial charge in [0.15, 0.2) is 0 Å². The van der Waals surface area contributed by atoms with E-state index in [1.54, 1.807) is 0 Å². The van der Waals surface area contributed by atoms with Crippen LogP contribution in [0.25, 0.3) is 0 Å². The summed E-state index contributed by atoms with van der Waals surface area (Å²) in [6, 6.07) is 40.8. The van der Waals surface area contributed by atoms with Crippen LogP contribution in [-0.2, 0) is 0 Å². The maximum Gasteiger partial charge on any atom is 0.122 e. The molecule has 0 bridgehead atoms. The maximum absolute atomic E-state index is 5.50. The zero-order valence-corrected chi connectivity index (χ0v) is 21.1. The first-order chi connectivity index (χ1) is 16.9. The lowest BCUT2D eigenvalue weighted by molar-refractivity contribution is 0.217. The molecule has 176 valence electrons. The zero-order valence-electron chi connectivity index (χ0n) is 19.4. The van der Waals surface area contributed by atoms with Crippen molar-refractivity contribution in [3.05, 3.63) is 121 Å². The van der Waals surface area contributed by atoms with Crippen molar-refractivity contribution in [3.8, 4) is 11.5 Å². The number of thioether (sulfide) groups is 2. The van der Waals surface area contributed by atoms with E-state index in [0.717, 1.165) is 11.5 Å². The molecule has 0 aliphatic heterocycles. The van der Waals surface area contributed by atoms with Crippen LogP contribution in [0.4, 0.5) is 0 Å². The molecule has 4 aromatic rings. The summed E-state index contributed by atoms with van der Waals surface area (Å²) < 4.78 is 11.0. The Hall–Kier alpha value is -2.82. The van der Waals surface area contributed by atoms with Crippen LogP contribution < -0.4 is 9.47 Å². The van der Waals surface area contributed by atoms with Crippen LogP contribution in [0, 0.1) is 0 Å². The number of hydrogen-bond acceptors (Lipinski definition) is 4. The number of benzene rings is 4. The van der Waals surface area contributed by atoms with Crippen LogP contribution in [0.15, 0.2) is 131 Å². The van der Waals surface area contributed by atoms with Crippen molar-refractivity contribution in [3.63, 3.8) is 0 Å². The highest BCUT2D eigenvalue weighted by Gasteiger charge is 1.96. The van der Waals surface area contributed by atoms with Crippen molar-refractivity contribution in [1.29, 1.82) is 0 Å². The topological polar surface area (TPSA) is 18.5 Å². The minimum Gasteiger partial charge on any atom is -0.490 e. The van der Waals surface area contributed by atoms with E-state index in [-0.39, 0.29) is 0 Å². The summed E-state index contributed by atoms with van der Waals surface area (Å²) in [6.07, 6.45) is 2.58. The van der Waals surface area contributed by atoms with Crippen molar-refractivity contribution in [2.45, 2.75) is 22.6 Å². The van der Waals surface area contributed by atoms with E-state index in [0.29, 0.717) is 13.2 Å².